The van der Waals surface area contributed by atoms with E-state index in [0.29, 0.717) is 17.6 Å². The van der Waals surface area contributed by atoms with Crippen LogP contribution in [0.15, 0.2) is 47.6 Å². The Kier molecular flexibility index (Phi) is 6.43. The predicted octanol–water partition coefficient (Wildman–Crippen LogP) is 3.79. The fourth-order valence-electron chi connectivity index (χ4n) is 2.82. The molecule has 0 aliphatic rings. The summed E-state index contributed by atoms with van der Waals surface area (Å²) in [7, 11) is 0. The summed E-state index contributed by atoms with van der Waals surface area (Å²) in [4.78, 5) is 12.6. The van der Waals surface area contributed by atoms with E-state index in [1.807, 2.05) is 70.2 Å². The van der Waals surface area contributed by atoms with Crippen LogP contribution in [0, 0.1) is 13.8 Å². The van der Waals surface area contributed by atoms with E-state index >= 15 is 0 Å². The number of nitrogens with two attached hydrogens (primary N) is 1. The van der Waals surface area contributed by atoms with E-state index < -0.39 is 5.25 Å². The number of amides is 1. The zero-order valence-electron chi connectivity index (χ0n) is 17.0. The maximum absolute atomic E-state index is 12.6. The first-order valence-electron chi connectivity index (χ1n) is 9.37. The molecule has 0 aliphatic carbocycles. The van der Waals surface area contributed by atoms with Gasteiger partial charge in [0.1, 0.15) is 5.75 Å². The van der Waals surface area contributed by atoms with Crippen LogP contribution in [0.1, 0.15) is 25.0 Å². The van der Waals surface area contributed by atoms with Crippen molar-refractivity contribution in [2.75, 3.05) is 17.8 Å². The van der Waals surface area contributed by atoms with Gasteiger partial charge in [0.05, 0.1) is 11.9 Å². The summed E-state index contributed by atoms with van der Waals surface area (Å²) >= 11 is 1.26. The zero-order valence-corrected chi connectivity index (χ0v) is 17.8. The highest BCUT2D eigenvalue weighted by Crippen LogP contribution is 2.27. The molecule has 0 fully saturated rings. The van der Waals surface area contributed by atoms with Crippen LogP contribution in [0.3, 0.4) is 0 Å². The van der Waals surface area contributed by atoms with Gasteiger partial charge in [-0.1, -0.05) is 29.5 Å². The first-order chi connectivity index (χ1) is 13.9. The van der Waals surface area contributed by atoms with E-state index in [2.05, 4.69) is 15.5 Å². The number of aryl methyl sites for hydroxylation is 2. The molecule has 0 saturated heterocycles. The average Bonchev–Trinajstić information content (AvgIpc) is 3.05. The Hall–Kier alpha value is -3.00. The normalized spacial score (nSPS) is 11.9. The predicted molar refractivity (Wildman–Crippen MR) is 117 cm³/mol. The third kappa shape index (κ3) is 4.89. The molecule has 0 unspecified atom stereocenters. The zero-order chi connectivity index (χ0) is 21.0. The third-order valence-corrected chi connectivity index (χ3v) is 5.44. The number of benzene rings is 2. The SMILES string of the molecule is CCOc1ccc(-c2nnc(S[C@@H](C)C(=O)Nc3ccc(C)cc3C)n2N)cc1. The second-order valence-electron chi connectivity index (χ2n) is 6.70. The van der Waals surface area contributed by atoms with Crippen molar-refractivity contribution in [2.24, 2.45) is 0 Å². The van der Waals surface area contributed by atoms with Crippen molar-refractivity contribution in [3.05, 3.63) is 53.6 Å². The summed E-state index contributed by atoms with van der Waals surface area (Å²) < 4.78 is 6.86. The molecule has 8 heteroatoms. The molecule has 0 aliphatic heterocycles. The second-order valence-corrected chi connectivity index (χ2v) is 8.01. The van der Waals surface area contributed by atoms with Gasteiger partial charge < -0.3 is 15.9 Å². The van der Waals surface area contributed by atoms with E-state index in [0.717, 1.165) is 28.1 Å². The Morgan fingerprint density at radius 1 is 1.21 bits per heavy atom. The molecule has 0 bridgehead atoms. The summed E-state index contributed by atoms with van der Waals surface area (Å²) in [5, 5.41) is 11.4. The molecule has 3 rings (SSSR count). The molecule has 1 heterocycles. The van der Waals surface area contributed by atoms with Gasteiger partial charge in [-0.15, -0.1) is 10.2 Å². The topological polar surface area (TPSA) is 95.1 Å². The number of carbonyl (C=O) groups excluding carboxylic acids is 1. The van der Waals surface area contributed by atoms with Crippen molar-refractivity contribution in [3.8, 4) is 17.1 Å². The lowest BCUT2D eigenvalue weighted by Crippen LogP contribution is -2.24. The van der Waals surface area contributed by atoms with Crippen LogP contribution < -0.4 is 15.9 Å². The number of aromatic nitrogens is 3. The minimum atomic E-state index is -0.393. The van der Waals surface area contributed by atoms with Gasteiger partial charge in [-0.2, -0.15) is 0 Å². The number of rotatable bonds is 7. The summed E-state index contributed by atoms with van der Waals surface area (Å²) in [5.74, 6) is 7.37. The van der Waals surface area contributed by atoms with Gasteiger partial charge >= 0.3 is 0 Å². The summed E-state index contributed by atoms with van der Waals surface area (Å²) in [6, 6.07) is 13.4. The molecule has 7 nitrogen and oxygen atoms in total. The number of thioether (sulfide) groups is 1. The molecule has 152 valence electrons. The van der Waals surface area contributed by atoms with Gasteiger partial charge in [0.15, 0.2) is 5.82 Å². The van der Waals surface area contributed by atoms with Crippen LogP contribution >= 0.6 is 11.8 Å². The lowest BCUT2D eigenvalue weighted by molar-refractivity contribution is -0.115. The second kappa shape index (κ2) is 9.00. The van der Waals surface area contributed by atoms with Gasteiger partial charge in [-0.25, -0.2) is 4.68 Å². The quantitative estimate of drug-likeness (QED) is 0.454. The Bertz CT molecular complexity index is 1000. The highest BCUT2D eigenvalue weighted by Gasteiger charge is 2.20. The molecule has 3 aromatic rings. The molecule has 0 spiro atoms. The Balaban J connectivity index is 1.69. The maximum Gasteiger partial charge on any atom is 0.237 e. The van der Waals surface area contributed by atoms with Gasteiger partial charge in [-0.05, 0) is 63.6 Å². The first kappa shape index (κ1) is 20.7. The van der Waals surface area contributed by atoms with Crippen molar-refractivity contribution in [2.45, 2.75) is 38.1 Å². The Morgan fingerprint density at radius 2 is 1.93 bits per heavy atom. The standard InChI is InChI=1S/C21H25N5O2S/c1-5-28-17-9-7-16(8-10-17)19-24-25-21(26(19)22)29-15(4)20(27)23-18-11-6-13(2)12-14(18)3/h6-12,15H,5,22H2,1-4H3,(H,23,27)/t15-/m0/s1. The molecular formula is C21H25N5O2S. The molecule has 1 atom stereocenters. The average molecular weight is 412 g/mol. The van der Waals surface area contributed by atoms with Crippen LogP contribution in [-0.2, 0) is 4.79 Å². The molecule has 29 heavy (non-hydrogen) atoms. The molecule has 3 N–H and O–H groups in total. The molecule has 0 saturated carbocycles. The van der Waals surface area contributed by atoms with Crippen molar-refractivity contribution in [1.82, 2.24) is 14.9 Å². The van der Waals surface area contributed by atoms with Gasteiger partial charge in [0.25, 0.3) is 0 Å². The number of hydrogen-bond acceptors (Lipinski definition) is 6. The largest absolute Gasteiger partial charge is 0.494 e. The van der Waals surface area contributed by atoms with Gasteiger partial charge in [-0.3, -0.25) is 4.79 Å². The summed E-state index contributed by atoms with van der Waals surface area (Å²) in [5.41, 5.74) is 3.80. The highest BCUT2D eigenvalue weighted by atomic mass is 32.2. The molecule has 1 aromatic heterocycles. The number of anilines is 1. The van der Waals surface area contributed by atoms with Crippen molar-refractivity contribution in [3.63, 3.8) is 0 Å². The molecule has 2 aromatic carbocycles. The van der Waals surface area contributed by atoms with Crippen LogP contribution in [0.5, 0.6) is 5.75 Å². The van der Waals surface area contributed by atoms with Crippen LogP contribution in [0.2, 0.25) is 0 Å². The Labute approximate surface area is 174 Å². The number of carbonyl (C=O) groups is 1. The van der Waals surface area contributed by atoms with Crippen molar-refractivity contribution >= 4 is 23.4 Å². The minimum Gasteiger partial charge on any atom is -0.494 e. The van der Waals surface area contributed by atoms with Gasteiger partial charge in [0.2, 0.25) is 11.1 Å². The van der Waals surface area contributed by atoms with Crippen LogP contribution in [-0.4, -0.2) is 32.6 Å². The summed E-state index contributed by atoms with van der Waals surface area (Å²) in [6.45, 7) is 8.35. The van der Waals surface area contributed by atoms with Gasteiger partial charge in [0, 0.05) is 11.3 Å². The monoisotopic (exact) mass is 411 g/mol. The number of nitrogen functional groups attached to an aromatic ring is 1. The fraction of sp³-hybridized carbons (Fsp3) is 0.286. The van der Waals surface area contributed by atoms with Crippen LogP contribution in [0.25, 0.3) is 11.4 Å². The molecular weight excluding hydrogens is 386 g/mol. The maximum atomic E-state index is 12.6. The minimum absolute atomic E-state index is 0.118. The van der Waals surface area contributed by atoms with E-state index in [1.165, 1.54) is 16.4 Å². The summed E-state index contributed by atoms with van der Waals surface area (Å²) in [6.07, 6.45) is 0. The highest BCUT2D eigenvalue weighted by molar-refractivity contribution is 8.00. The lowest BCUT2D eigenvalue weighted by Gasteiger charge is -2.13. The third-order valence-electron chi connectivity index (χ3n) is 4.38. The van der Waals surface area contributed by atoms with E-state index in [4.69, 9.17) is 10.6 Å². The lowest BCUT2D eigenvalue weighted by atomic mass is 10.1. The smallest absolute Gasteiger partial charge is 0.237 e. The van der Waals surface area contributed by atoms with E-state index in [1.54, 1.807) is 0 Å². The molecule has 1 amide bonds. The Morgan fingerprint density at radius 3 is 2.59 bits per heavy atom. The molecule has 0 radical (unpaired) electrons. The van der Waals surface area contributed by atoms with Crippen molar-refractivity contribution in [1.29, 1.82) is 0 Å². The number of nitrogens with one attached hydrogen (secondary N) is 1. The number of ether oxygens (including phenoxy) is 1. The van der Waals surface area contributed by atoms with Crippen LogP contribution in [0.4, 0.5) is 5.69 Å². The number of hydrogen-bond donors (Lipinski definition) is 2. The van der Waals surface area contributed by atoms with E-state index in [9.17, 15) is 4.79 Å². The van der Waals surface area contributed by atoms with Crippen molar-refractivity contribution < 1.29 is 9.53 Å². The fourth-order valence-corrected chi connectivity index (χ4v) is 3.59. The first-order valence-corrected chi connectivity index (χ1v) is 10.3. The number of nitrogens with zero attached hydrogens (tertiary/aromatic N) is 3. The van der Waals surface area contributed by atoms with E-state index in [-0.39, 0.29) is 5.91 Å².